The first-order valence-electron chi connectivity index (χ1n) is 4.35. The summed E-state index contributed by atoms with van der Waals surface area (Å²) in [7, 11) is 0. The predicted molar refractivity (Wildman–Crippen MR) is 59.6 cm³/mol. The minimum absolute atomic E-state index is 0.253. The van der Waals surface area contributed by atoms with Crippen LogP contribution in [0.5, 0.6) is 0 Å². The molecule has 1 aliphatic carbocycles. The number of hydrogen-bond acceptors (Lipinski definition) is 1. The molecule has 0 unspecified atom stereocenters. The van der Waals surface area contributed by atoms with E-state index in [1.54, 1.807) is 6.07 Å². The number of thiocarbonyl (C=S) groups is 1. The van der Waals surface area contributed by atoms with Crippen molar-refractivity contribution < 1.29 is 4.39 Å². The number of halogens is 1. The van der Waals surface area contributed by atoms with Crippen molar-refractivity contribution in [3.05, 3.63) is 53.9 Å². The van der Waals surface area contributed by atoms with Gasteiger partial charge in [-0.1, -0.05) is 36.5 Å². The second kappa shape index (κ2) is 3.84. The van der Waals surface area contributed by atoms with Crippen LogP contribution in [-0.4, -0.2) is 4.86 Å². The van der Waals surface area contributed by atoms with Crippen molar-refractivity contribution in [1.29, 1.82) is 0 Å². The van der Waals surface area contributed by atoms with Crippen molar-refractivity contribution in [2.24, 2.45) is 0 Å². The minimum Gasteiger partial charge on any atom is -0.207 e. The Hall–Kier alpha value is -1.28. The predicted octanol–water partition coefficient (Wildman–Crippen LogP) is 3.34. The summed E-state index contributed by atoms with van der Waals surface area (Å²) in [6.07, 6.45) is 6.58. The molecule has 0 N–H and O–H groups in total. The van der Waals surface area contributed by atoms with Crippen molar-refractivity contribution in [3.8, 4) is 0 Å². The first-order valence-corrected chi connectivity index (χ1v) is 4.76. The van der Waals surface area contributed by atoms with Gasteiger partial charge in [0.15, 0.2) is 0 Å². The highest BCUT2D eigenvalue weighted by Crippen LogP contribution is 2.21. The molecule has 1 radical (unpaired) electrons. The summed E-state index contributed by atoms with van der Waals surface area (Å²) in [5.74, 6) is -0.253. The lowest BCUT2D eigenvalue weighted by atomic mass is 9.97. The van der Waals surface area contributed by atoms with Gasteiger partial charge in [-0.25, -0.2) is 4.39 Å². The average molecular weight is 203 g/mol. The van der Waals surface area contributed by atoms with Crippen LogP contribution >= 0.6 is 12.2 Å². The van der Waals surface area contributed by atoms with E-state index < -0.39 is 0 Å². The summed E-state index contributed by atoms with van der Waals surface area (Å²) in [4.78, 5) is 0.842. The van der Waals surface area contributed by atoms with E-state index >= 15 is 0 Å². The molecule has 0 aliphatic heterocycles. The maximum Gasteiger partial charge on any atom is 0.123 e. The Morgan fingerprint density at radius 1 is 1.43 bits per heavy atom. The second-order valence-corrected chi connectivity index (χ2v) is 3.55. The molecule has 1 aliphatic rings. The standard InChI is InChI=1S/C12H8FS/c13-10-5-3-4-9(8-10)11-6-1-2-7-12(11)14/h1-3,5-6,8H,7H2. The van der Waals surface area contributed by atoms with Gasteiger partial charge in [-0.15, -0.1) is 0 Å². The lowest BCUT2D eigenvalue weighted by Gasteiger charge is -2.10. The van der Waals surface area contributed by atoms with E-state index in [1.165, 1.54) is 12.1 Å². The van der Waals surface area contributed by atoms with E-state index in [0.29, 0.717) is 0 Å². The zero-order valence-corrected chi connectivity index (χ0v) is 8.27. The van der Waals surface area contributed by atoms with Crippen LogP contribution in [0.2, 0.25) is 0 Å². The molecule has 0 saturated heterocycles. The molecule has 0 amide bonds. The summed E-state index contributed by atoms with van der Waals surface area (Å²) in [5.41, 5.74) is 1.64. The van der Waals surface area contributed by atoms with Crippen LogP contribution in [0.1, 0.15) is 12.0 Å². The minimum atomic E-state index is -0.253. The van der Waals surface area contributed by atoms with E-state index in [9.17, 15) is 4.39 Å². The highest BCUT2D eigenvalue weighted by molar-refractivity contribution is 7.81. The van der Waals surface area contributed by atoms with Gasteiger partial charge in [-0.05, 0) is 29.3 Å². The number of hydrogen-bond donors (Lipinski definition) is 0. The van der Waals surface area contributed by atoms with Gasteiger partial charge in [-0.2, -0.15) is 0 Å². The van der Waals surface area contributed by atoms with E-state index in [2.05, 4.69) is 6.07 Å². The third kappa shape index (κ3) is 1.80. The molecule has 1 aromatic carbocycles. The van der Waals surface area contributed by atoms with Gasteiger partial charge in [0.1, 0.15) is 5.82 Å². The van der Waals surface area contributed by atoms with Crippen molar-refractivity contribution in [1.82, 2.24) is 0 Å². The van der Waals surface area contributed by atoms with Crippen LogP contribution in [0.4, 0.5) is 4.39 Å². The topological polar surface area (TPSA) is 0 Å². The van der Waals surface area contributed by atoms with Crippen LogP contribution in [-0.2, 0) is 0 Å². The summed E-state index contributed by atoms with van der Waals surface area (Å²) in [6.45, 7) is 0. The first kappa shape index (κ1) is 9.28. The fourth-order valence-electron chi connectivity index (χ4n) is 1.38. The Balaban J connectivity index is 2.44. The van der Waals surface area contributed by atoms with E-state index in [-0.39, 0.29) is 5.82 Å². The molecule has 0 fully saturated rings. The fourth-order valence-corrected chi connectivity index (χ4v) is 1.65. The van der Waals surface area contributed by atoms with Crippen LogP contribution in [0.15, 0.2) is 36.4 Å². The summed E-state index contributed by atoms with van der Waals surface area (Å²) in [5, 5.41) is 0. The van der Waals surface area contributed by atoms with Crippen molar-refractivity contribution in [3.63, 3.8) is 0 Å². The molecule has 0 aromatic heterocycles. The monoisotopic (exact) mass is 203 g/mol. The molecule has 1 aromatic rings. The van der Waals surface area contributed by atoms with E-state index in [0.717, 1.165) is 22.4 Å². The molecule has 0 saturated carbocycles. The van der Waals surface area contributed by atoms with Gasteiger partial charge in [0, 0.05) is 11.3 Å². The van der Waals surface area contributed by atoms with Crippen LogP contribution < -0.4 is 0 Å². The molecular formula is C12H8FS. The lowest BCUT2D eigenvalue weighted by molar-refractivity contribution is 0.627. The maximum atomic E-state index is 12.9. The molecule has 14 heavy (non-hydrogen) atoms. The highest BCUT2D eigenvalue weighted by atomic mass is 32.1. The Kier molecular flexibility index (Phi) is 2.55. The van der Waals surface area contributed by atoms with Crippen molar-refractivity contribution in [2.45, 2.75) is 6.42 Å². The van der Waals surface area contributed by atoms with Crippen LogP contribution in [0, 0.1) is 11.9 Å². The SMILES string of the molecule is Fc1cc[c]c(C2=CC=CCC2=S)c1. The molecule has 69 valence electrons. The van der Waals surface area contributed by atoms with Gasteiger partial charge in [-0.3, -0.25) is 0 Å². The molecule has 2 heteroatoms. The van der Waals surface area contributed by atoms with Gasteiger partial charge in [0.05, 0.1) is 0 Å². The number of rotatable bonds is 1. The zero-order chi connectivity index (χ0) is 9.97. The second-order valence-electron chi connectivity index (χ2n) is 3.06. The van der Waals surface area contributed by atoms with Gasteiger partial charge in [0.2, 0.25) is 0 Å². The Labute approximate surface area is 87.8 Å². The van der Waals surface area contributed by atoms with E-state index in [4.69, 9.17) is 12.2 Å². The Bertz CT molecular complexity index is 430. The van der Waals surface area contributed by atoms with Crippen LogP contribution in [0.3, 0.4) is 0 Å². The zero-order valence-electron chi connectivity index (χ0n) is 7.46. The molecular weight excluding hydrogens is 195 g/mol. The number of benzene rings is 1. The van der Waals surface area contributed by atoms with E-state index in [1.807, 2.05) is 18.2 Å². The smallest absolute Gasteiger partial charge is 0.123 e. The first-order chi connectivity index (χ1) is 6.77. The Morgan fingerprint density at radius 2 is 2.29 bits per heavy atom. The lowest BCUT2D eigenvalue weighted by Crippen LogP contribution is -2.00. The molecule has 2 rings (SSSR count). The summed E-state index contributed by atoms with van der Waals surface area (Å²) in [6, 6.07) is 7.39. The van der Waals surface area contributed by atoms with Crippen molar-refractivity contribution >= 4 is 22.7 Å². The van der Waals surface area contributed by atoms with Gasteiger partial charge in [0.25, 0.3) is 0 Å². The normalized spacial score (nSPS) is 15.5. The number of allylic oxidation sites excluding steroid dienone is 4. The average Bonchev–Trinajstić information content (AvgIpc) is 2.18. The molecule has 0 nitrogen and oxygen atoms in total. The third-order valence-corrected chi connectivity index (χ3v) is 2.44. The molecule has 0 heterocycles. The summed E-state index contributed by atoms with van der Waals surface area (Å²) < 4.78 is 12.9. The van der Waals surface area contributed by atoms with Gasteiger partial charge >= 0.3 is 0 Å². The van der Waals surface area contributed by atoms with Crippen LogP contribution in [0.25, 0.3) is 5.57 Å². The Morgan fingerprint density at radius 3 is 3.00 bits per heavy atom. The largest absolute Gasteiger partial charge is 0.207 e. The third-order valence-electron chi connectivity index (χ3n) is 2.06. The quantitative estimate of drug-likeness (QED) is 0.631. The summed E-state index contributed by atoms with van der Waals surface area (Å²) >= 11 is 5.19. The van der Waals surface area contributed by atoms with Crippen molar-refractivity contribution in [2.75, 3.05) is 0 Å². The molecule has 0 bridgehead atoms. The van der Waals surface area contributed by atoms with Gasteiger partial charge < -0.3 is 0 Å². The molecule has 0 spiro atoms. The molecule has 0 atom stereocenters. The highest BCUT2D eigenvalue weighted by Gasteiger charge is 2.09. The maximum absolute atomic E-state index is 12.9. The fraction of sp³-hybridized carbons (Fsp3) is 0.0833.